The van der Waals surface area contributed by atoms with E-state index < -0.39 is 6.10 Å². The number of β-lactam (4-membered cyclic amide) rings is 1. The molecule has 1 unspecified atom stereocenters. The van der Waals surface area contributed by atoms with Crippen molar-refractivity contribution in [2.75, 3.05) is 0 Å². The van der Waals surface area contributed by atoms with Crippen molar-refractivity contribution in [1.29, 1.82) is 0 Å². The van der Waals surface area contributed by atoms with Crippen LogP contribution in [0.25, 0.3) is 0 Å². The zero-order valence-corrected chi connectivity index (χ0v) is 7.25. The van der Waals surface area contributed by atoms with E-state index in [9.17, 15) is 9.90 Å². The lowest BCUT2D eigenvalue weighted by Gasteiger charge is -2.31. The van der Waals surface area contributed by atoms with Crippen LogP contribution in [0.4, 0.5) is 0 Å². The molecule has 0 spiro atoms. The highest BCUT2D eigenvalue weighted by Crippen LogP contribution is 2.42. The van der Waals surface area contributed by atoms with E-state index in [0.717, 1.165) is 4.91 Å². The summed E-state index contributed by atoms with van der Waals surface area (Å²) in [6, 6.07) is 0. The van der Waals surface area contributed by atoms with Gasteiger partial charge in [0.1, 0.15) is 6.10 Å². The van der Waals surface area contributed by atoms with Crippen molar-refractivity contribution in [2.45, 2.75) is 17.9 Å². The van der Waals surface area contributed by atoms with E-state index in [1.54, 1.807) is 22.9 Å². The van der Waals surface area contributed by atoms with Gasteiger partial charge < -0.3 is 10.0 Å². The summed E-state index contributed by atoms with van der Waals surface area (Å²) in [5, 5.41) is 9.60. The molecule has 0 aromatic carbocycles. The molecular formula is C8H9NO2S. The molecule has 2 heterocycles. The van der Waals surface area contributed by atoms with E-state index in [4.69, 9.17) is 0 Å². The Balaban J connectivity index is 2.11. The lowest BCUT2D eigenvalue weighted by atomic mass is 10.2. The van der Waals surface area contributed by atoms with Gasteiger partial charge in [0, 0.05) is 11.1 Å². The SMILES string of the molecule is C=CC(O)C1=CN2C(=O)C[C@H]2S1. The summed E-state index contributed by atoms with van der Waals surface area (Å²) in [5.41, 5.74) is 0. The standard InChI is InChI=1S/C8H9NO2S/c1-2-5(10)6-4-9-7(11)3-8(9)12-6/h2,4-5,8,10H,1,3H2/t5?,8-/m1/s1. The molecule has 2 rings (SSSR count). The normalized spacial score (nSPS) is 29.1. The Labute approximate surface area is 74.7 Å². The van der Waals surface area contributed by atoms with Gasteiger partial charge >= 0.3 is 0 Å². The van der Waals surface area contributed by atoms with E-state index in [0.29, 0.717) is 6.42 Å². The summed E-state index contributed by atoms with van der Waals surface area (Å²) < 4.78 is 0. The van der Waals surface area contributed by atoms with Gasteiger partial charge in [-0.1, -0.05) is 17.8 Å². The van der Waals surface area contributed by atoms with Crippen LogP contribution in [-0.4, -0.2) is 27.4 Å². The molecule has 3 nitrogen and oxygen atoms in total. The van der Waals surface area contributed by atoms with Crippen LogP contribution < -0.4 is 0 Å². The predicted molar refractivity (Wildman–Crippen MR) is 47.1 cm³/mol. The highest BCUT2D eigenvalue weighted by Gasteiger charge is 2.41. The maximum atomic E-state index is 10.9. The van der Waals surface area contributed by atoms with Crippen molar-refractivity contribution in [1.82, 2.24) is 4.90 Å². The van der Waals surface area contributed by atoms with Gasteiger partial charge in [0.15, 0.2) is 0 Å². The number of amides is 1. The van der Waals surface area contributed by atoms with Gasteiger partial charge in [-0.3, -0.25) is 4.79 Å². The first kappa shape index (κ1) is 7.89. The minimum atomic E-state index is -0.617. The van der Waals surface area contributed by atoms with Crippen molar-refractivity contribution < 1.29 is 9.90 Å². The first-order valence-electron chi connectivity index (χ1n) is 3.72. The van der Waals surface area contributed by atoms with Crippen molar-refractivity contribution in [3.8, 4) is 0 Å². The van der Waals surface area contributed by atoms with Gasteiger partial charge in [-0.05, 0) is 0 Å². The molecule has 64 valence electrons. The number of fused-ring (bicyclic) bond motifs is 1. The molecule has 0 bridgehead atoms. The number of hydrogen-bond donors (Lipinski definition) is 1. The lowest BCUT2D eigenvalue weighted by Crippen LogP contribution is -2.44. The molecule has 1 amide bonds. The third-order valence-corrected chi connectivity index (χ3v) is 3.29. The fourth-order valence-electron chi connectivity index (χ4n) is 1.24. The van der Waals surface area contributed by atoms with Gasteiger partial charge in [0.05, 0.1) is 11.8 Å². The molecule has 0 aliphatic carbocycles. The van der Waals surface area contributed by atoms with Crippen LogP contribution in [0.2, 0.25) is 0 Å². The summed E-state index contributed by atoms with van der Waals surface area (Å²) in [6.07, 6.45) is 3.16. The monoisotopic (exact) mass is 183 g/mol. The molecule has 4 heteroatoms. The van der Waals surface area contributed by atoms with Crippen molar-refractivity contribution >= 4 is 17.7 Å². The zero-order chi connectivity index (χ0) is 8.72. The van der Waals surface area contributed by atoms with Crippen LogP contribution in [0, 0.1) is 0 Å². The first-order chi connectivity index (χ1) is 5.72. The van der Waals surface area contributed by atoms with Gasteiger partial charge in [-0.15, -0.1) is 6.58 Å². The number of aliphatic hydroxyl groups excluding tert-OH is 1. The van der Waals surface area contributed by atoms with Crippen LogP contribution >= 0.6 is 11.8 Å². The highest BCUT2D eigenvalue weighted by atomic mass is 32.2. The fraction of sp³-hybridized carbons (Fsp3) is 0.375. The number of hydrogen-bond acceptors (Lipinski definition) is 3. The molecule has 0 aromatic rings. The number of aliphatic hydroxyl groups is 1. The van der Waals surface area contributed by atoms with Crippen LogP contribution in [0.15, 0.2) is 23.8 Å². The number of carbonyl (C=O) groups excluding carboxylic acids is 1. The summed E-state index contributed by atoms with van der Waals surface area (Å²) in [6.45, 7) is 3.49. The Bertz CT molecular complexity index is 274. The summed E-state index contributed by atoms with van der Waals surface area (Å²) in [5.74, 6) is 0.138. The van der Waals surface area contributed by atoms with Gasteiger partial charge in [0.25, 0.3) is 0 Å². The van der Waals surface area contributed by atoms with Crippen molar-refractivity contribution in [3.05, 3.63) is 23.8 Å². The highest BCUT2D eigenvalue weighted by molar-refractivity contribution is 8.04. The molecule has 1 saturated heterocycles. The van der Waals surface area contributed by atoms with Crippen molar-refractivity contribution in [2.24, 2.45) is 0 Å². The topological polar surface area (TPSA) is 40.5 Å². The number of nitrogens with zero attached hydrogens (tertiary/aromatic N) is 1. The minimum absolute atomic E-state index is 0.138. The van der Waals surface area contributed by atoms with Crippen LogP contribution in [0.1, 0.15) is 6.42 Å². The third kappa shape index (κ3) is 0.990. The molecule has 1 N–H and O–H groups in total. The van der Waals surface area contributed by atoms with E-state index in [-0.39, 0.29) is 11.3 Å². The van der Waals surface area contributed by atoms with Crippen LogP contribution in [0.3, 0.4) is 0 Å². The largest absolute Gasteiger partial charge is 0.384 e. The zero-order valence-electron chi connectivity index (χ0n) is 6.43. The third-order valence-electron chi connectivity index (χ3n) is 2.00. The van der Waals surface area contributed by atoms with Crippen LogP contribution in [0.5, 0.6) is 0 Å². The average Bonchev–Trinajstić information content (AvgIpc) is 2.41. The van der Waals surface area contributed by atoms with E-state index in [1.807, 2.05) is 0 Å². The summed E-state index contributed by atoms with van der Waals surface area (Å²) in [7, 11) is 0. The first-order valence-corrected chi connectivity index (χ1v) is 4.60. The molecule has 2 atom stereocenters. The smallest absolute Gasteiger partial charge is 0.230 e. The number of carbonyl (C=O) groups is 1. The Morgan fingerprint density at radius 2 is 2.67 bits per heavy atom. The number of rotatable bonds is 2. The molecule has 0 radical (unpaired) electrons. The molecule has 0 aromatic heterocycles. The second-order valence-electron chi connectivity index (χ2n) is 2.79. The maximum absolute atomic E-state index is 10.9. The Morgan fingerprint density at radius 1 is 1.92 bits per heavy atom. The van der Waals surface area contributed by atoms with Gasteiger partial charge in [0.2, 0.25) is 5.91 Å². The maximum Gasteiger partial charge on any atom is 0.230 e. The summed E-state index contributed by atoms with van der Waals surface area (Å²) >= 11 is 1.54. The Hall–Kier alpha value is -0.740. The predicted octanol–water partition coefficient (Wildman–Crippen LogP) is 0.680. The quantitative estimate of drug-likeness (QED) is 0.505. The van der Waals surface area contributed by atoms with Crippen LogP contribution in [-0.2, 0) is 4.79 Å². The second kappa shape index (κ2) is 2.64. The minimum Gasteiger partial charge on any atom is -0.384 e. The number of thioether (sulfide) groups is 1. The average molecular weight is 183 g/mol. The molecular weight excluding hydrogens is 174 g/mol. The lowest BCUT2D eigenvalue weighted by molar-refractivity contribution is -0.137. The van der Waals surface area contributed by atoms with E-state index in [1.165, 1.54) is 6.08 Å². The van der Waals surface area contributed by atoms with Gasteiger partial charge in [-0.25, -0.2) is 0 Å². The summed E-state index contributed by atoms with van der Waals surface area (Å²) in [4.78, 5) is 13.4. The fourth-order valence-corrected chi connectivity index (χ4v) is 2.48. The molecule has 2 aliphatic heterocycles. The van der Waals surface area contributed by atoms with E-state index in [2.05, 4.69) is 6.58 Å². The Kier molecular flexibility index (Phi) is 1.73. The Morgan fingerprint density at radius 3 is 3.17 bits per heavy atom. The molecule has 12 heavy (non-hydrogen) atoms. The molecule has 0 saturated carbocycles. The van der Waals surface area contributed by atoms with E-state index >= 15 is 0 Å². The molecule has 2 aliphatic rings. The molecule has 1 fully saturated rings. The van der Waals surface area contributed by atoms with Crippen molar-refractivity contribution in [3.63, 3.8) is 0 Å². The second-order valence-corrected chi connectivity index (χ2v) is 4.04. The van der Waals surface area contributed by atoms with Gasteiger partial charge in [-0.2, -0.15) is 0 Å².